The number of halogens is 1. The highest BCUT2D eigenvalue weighted by Crippen LogP contribution is 2.26. The van der Waals surface area contributed by atoms with Crippen molar-refractivity contribution in [1.29, 1.82) is 0 Å². The SMILES string of the molecule is CC(C)Nc1cc(Nc2cccc(S(=O)(=O)N3CCC3)c2)nc(-c2cccc(Cl)n2)n1. The lowest BCUT2D eigenvalue weighted by Crippen LogP contribution is -2.41. The van der Waals surface area contributed by atoms with Crippen molar-refractivity contribution in [2.45, 2.75) is 31.2 Å². The van der Waals surface area contributed by atoms with Gasteiger partial charge in [-0.05, 0) is 50.6 Å². The molecule has 2 N–H and O–H groups in total. The van der Waals surface area contributed by atoms with Crippen molar-refractivity contribution in [2.24, 2.45) is 0 Å². The summed E-state index contributed by atoms with van der Waals surface area (Å²) in [6.07, 6.45) is 0.893. The molecule has 8 nitrogen and oxygen atoms in total. The van der Waals surface area contributed by atoms with Crippen LogP contribution in [0.5, 0.6) is 0 Å². The van der Waals surface area contributed by atoms with E-state index in [0.717, 1.165) is 6.42 Å². The van der Waals surface area contributed by atoms with Crippen LogP contribution in [-0.4, -0.2) is 46.8 Å². The maximum atomic E-state index is 12.7. The Labute approximate surface area is 186 Å². The van der Waals surface area contributed by atoms with E-state index in [1.165, 1.54) is 4.31 Å². The zero-order chi connectivity index (χ0) is 22.0. The summed E-state index contributed by atoms with van der Waals surface area (Å²) in [7, 11) is -3.47. The van der Waals surface area contributed by atoms with E-state index in [-0.39, 0.29) is 10.9 Å². The molecule has 3 heterocycles. The van der Waals surface area contributed by atoms with Crippen LogP contribution in [0.15, 0.2) is 53.4 Å². The summed E-state index contributed by atoms with van der Waals surface area (Å²) in [5.41, 5.74) is 1.15. The second-order valence-corrected chi connectivity index (χ2v) is 9.84. The Balaban J connectivity index is 1.68. The zero-order valence-electron chi connectivity index (χ0n) is 17.2. The number of rotatable bonds is 7. The van der Waals surface area contributed by atoms with Gasteiger partial charge in [-0.2, -0.15) is 4.31 Å². The summed E-state index contributed by atoms with van der Waals surface area (Å²) >= 11 is 6.03. The Morgan fingerprint density at radius 2 is 1.74 bits per heavy atom. The Morgan fingerprint density at radius 1 is 1.00 bits per heavy atom. The van der Waals surface area contributed by atoms with E-state index in [4.69, 9.17) is 11.6 Å². The fourth-order valence-corrected chi connectivity index (χ4v) is 4.81. The molecule has 0 aliphatic carbocycles. The molecule has 1 aliphatic rings. The summed E-state index contributed by atoms with van der Waals surface area (Å²) in [6.45, 7) is 5.14. The van der Waals surface area contributed by atoms with E-state index in [1.807, 2.05) is 13.8 Å². The molecule has 0 atom stereocenters. The third-order valence-electron chi connectivity index (χ3n) is 4.67. The van der Waals surface area contributed by atoms with E-state index in [1.54, 1.807) is 48.5 Å². The molecule has 1 fully saturated rings. The Morgan fingerprint density at radius 3 is 2.42 bits per heavy atom. The summed E-state index contributed by atoms with van der Waals surface area (Å²) in [4.78, 5) is 13.6. The van der Waals surface area contributed by atoms with Gasteiger partial charge in [-0.3, -0.25) is 0 Å². The maximum absolute atomic E-state index is 12.7. The van der Waals surface area contributed by atoms with Crippen LogP contribution in [0.4, 0.5) is 17.3 Å². The van der Waals surface area contributed by atoms with Gasteiger partial charge < -0.3 is 10.6 Å². The van der Waals surface area contributed by atoms with Gasteiger partial charge in [0.25, 0.3) is 0 Å². The van der Waals surface area contributed by atoms with E-state index in [0.29, 0.717) is 47.1 Å². The lowest BCUT2D eigenvalue weighted by Gasteiger charge is -2.29. The average Bonchev–Trinajstić information content (AvgIpc) is 2.66. The van der Waals surface area contributed by atoms with Gasteiger partial charge in [-0.25, -0.2) is 23.4 Å². The van der Waals surface area contributed by atoms with Crippen molar-refractivity contribution >= 4 is 38.9 Å². The van der Waals surface area contributed by atoms with Crippen LogP contribution in [0.1, 0.15) is 20.3 Å². The molecule has 0 bridgehead atoms. The second-order valence-electron chi connectivity index (χ2n) is 7.52. The van der Waals surface area contributed by atoms with Crippen molar-refractivity contribution in [1.82, 2.24) is 19.3 Å². The summed E-state index contributed by atoms with van der Waals surface area (Å²) in [5, 5.41) is 6.81. The van der Waals surface area contributed by atoms with Gasteiger partial charge >= 0.3 is 0 Å². The smallest absolute Gasteiger partial charge is 0.243 e. The first kappa shape index (κ1) is 21.5. The van der Waals surface area contributed by atoms with Crippen LogP contribution in [0.3, 0.4) is 0 Å². The van der Waals surface area contributed by atoms with Crippen LogP contribution in [0, 0.1) is 0 Å². The van der Waals surface area contributed by atoms with Gasteiger partial charge in [0, 0.05) is 30.9 Å². The highest BCUT2D eigenvalue weighted by atomic mass is 35.5. The molecule has 1 saturated heterocycles. The van der Waals surface area contributed by atoms with Crippen molar-refractivity contribution < 1.29 is 8.42 Å². The summed E-state index contributed by atoms with van der Waals surface area (Å²) in [5.74, 6) is 1.53. The number of sulfonamides is 1. The summed E-state index contributed by atoms with van der Waals surface area (Å²) < 4.78 is 26.9. The number of nitrogens with zero attached hydrogens (tertiary/aromatic N) is 4. The topological polar surface area (TPSA) is 100 Å². The molecule has 0 amide bonds. The van der Waals surface area contributed by atoms with E-state index in [9.17, 15) is 8.42 Å². The quantitative estimate of drug-likeness (QED) is 0.513. The first-order valence-electron chi connectivity index (χ1n) is 9.97. The number of benzene rings is 1. The number of pyridine rings is 1. The van der Waals surface area contributed by atoms with Crippen LogP contribution in [-0.2, 0) is 10.0 Å². The standard InChI is InChI=1S/C21H23ClN6O2S/c1-14(2)23-19-13-20(27-21(26-19)17-8-4-9-18(22)25-17)24-15-6-3-7-16(12-15)31(29,30)28-10-5-11-28/h3-4,6-9,12-14H,5,10-11H2,1-2H3,(H2,23,24,26,27). The highest BCUT2D eigenvalue weighted by Gasteiger charge is 2.29. The minimum Gasteiger partial charge on any atom is -0.368 e. The molecule has 1 aliphatic heterocycles. The Kier molecular flexibility index (Phi) is 6.08. The fraction of sp³-hybridized carbons (Fsp3) is 0.286. The lowest BCUT2D eigenvalue weighted by atomic mass is 10.3. The van der Waals surface area contributed by atoms with Crippen molar-refractivity contribution in [3.05, 3.63) is 53.7 Å². The fourth-order valence-electron chi connectivity index (χ4n) is 3.09. The van der Waals surface area contributed by atoms with Gasteiger partial charge in [-0.1, -0.05) is 23.7 Å². The predicted molar refractivity (Wildman–Crippen MR) is 122 cm³/mol. The second kappa shape index (κ2) is 8.78. The molecule has 0 saturated carbocycles. The molecule has 0 unspecified atom stereocenters. The third-order valence-corrected chi connectivity index (χ3v) is 6.77. The predicted octanol–water partition coefficient (Wildman–Crippen LogP) is 4.15. The molecule has 10 heteroatoms. The van der Waals surface area contributed by atoms with Crippen molar-refractivity contribution in [2.75, 3.05) is 23.7 Å². The lowest BCUT2D eigenvalue weighted by molar-refractivity contribution is 0.309. The number of aromatic nitrogens is 3. The highest BCUT2D eigenvalue weighted by molar-refractivity contribution is 7.89. The number of hydrogen-bond acceptors (Lipinski definition) is 7. The average molecular weight is 459 g/mol. The molecule has 0 spiro atoms. The zero-order valence-corrected chi connectivity index (χ0v) is 18.8. The summed E-state index contributed by atoms with van der Waals surface area (Å²) in [6, 6.07) is 13.9. The first-order valence-corrected chi connectivity index (χ1v) is 11.8. The molecule has 31 heavy (non-hydrogen) atoms. The minimum atomic E-state index is -3.47. The van der Waals surface area contributed by atoms with Crippen LogP contribution >= 0.6 is 11.6 Å². The largest absolute Gasteiger partial charge is 0.368 e. The Hall–Kier alpha value is -2.75. The molecule has 3 aromatic rings. The van der Waals surface area contributed by atoms with Gasteiger partial charge in [0.05, 0.1) is 4.90 Å². The van der Waals surface area contributed by atoms with E-state index < -0.39 is 10.0 Å². The molecule has 162 valence electrons. The monoisotopic (exact) mass is 458 g/mol. The minimum absolute atomic E-state index is 0.160. The molecule has 4 rings (SSSR count). The van der Waals surface area contributed by atoms with Crippen molar-refractivity contribution in [3.63, 3.8) is 0 Å². The van der Waals surface area contributed by atoms with Crippen molar-refractivity contribution in [3.8, 4) is 11.5 Å². The molecule has 2 aromatic heterocycles. The molecule has 0 radical (unpaired) electrons. The van der Waals surface area contributed by atoms with Gasteiger partial charge in [0.2, 0.25) is 10.0 Å². The molecular formula is C21H23ClN6O2S. The molecule has 1 aromatic carbocycles. The van der Waals surface area contributed by atoms with Crippen LogP contribution in [0.25, 0.3) is 11.5 Å². The Bertz CT molecular complexity index is 1200. The number of nitrogens with one attached hydrogen (secondary N) is 2. The van der Waals surface area contributed by atoms with Gasteiger partial charge in [-0.15, -0.1) is 0 Å². The number of hydrogen-bond donors (Lipinski definition) is 2. The van der Waals surface area contributed by atoms with Gasteiger partial charge in [0.1, 0.15) is 22.5 Å². The van der Waals surface area contributed by atoms with E-state index >= 15 is 0 Å². The maximum Gasteiger partial charge on any atom is 0.243 e. The molecular weight excluding hydrogens is 436 g/mol. The van der Waals surface area contributed by atoms with Crippen LogP contribution < -0.4 is 10.6 Å². The van der Waals surface area contributed by atoms with Gasteiger partial charge in [0.15, 0.2) is 5.82 Å². The van der Waals surface area contributed by atoms with Crippen LogP contribution in [0.2, 0.25) is 5.15 Å². The third kappa shape index (κ3) is 4.95. The number of anilines is 3. The first-order chi connectivity index (χ1) is 14.8. The van der Waals surface area contributed by atoms with E-state index in [2.05, 4.69) is 25.6 Å². The normalized spacial score (nSPS) is 14.3.